The minimum Gasteiger partial charge on any atom is -0.341 e. The maximum atomic E-state index is 4.73. The molecule has 126 valence electrons. The number of aromatic nitrogens is 4. The van der Waals surface area contributed by atoms with Crippen molar-refractivity contribution in [2.75, 3.05) is 0 Å². The Kier molecular flexibility index (Phi) is 6.11. The summed E-state index contributed by atoms with van der Waals surface area (Å²) in [7, 11) is 9.47. The average molecular weight is 407 g/mol. The first-order chi connectivity index (χ1) is 11.8. The summed E-state index contributed by atoms with van der Waals surface area (Å²) in [4.78, 5) is 15.7. The van der Waals surface area contributed by atoms with Crippen molar-refractivity contribution in [3.05, 3.63) is 60.2 Å². The largest absolute Gasteiger partial charge is 0.341 e. The van der Waals surface area contributed by atoms with Crippen LogP contribution in [0.1, 0.15) is 11.6 Å². The molecular weight excluding hydrogens is 392 g/mol. The zero-order valence-electron chi connectivity index (χ0n) is 12.5. The smallest absolute Gasteiger partial charge is 0.121 e. The molecule has 0 fully saturated rings. The van der Waals surface area contributed by atoms with Crippen molar-refractivity contribution in [2.24, 2.45) is 0 Å². The topological polar surface area (TPSA) is 69.4 Å². The summed E-state index contributed by atoms with van der Waals surface area (Å²) < 4.78 is 0. The normalized spacial score (nSPS) is 10.9. The van der Waals surface area contributed by atoms with Crippen LogP contribution < -0.4 is 5.32 Å². The van der Waals surface area contributed by atoms with Crippen molar-refractivity contribution in [2.45, 2.75) is 13.1 Å². The van der Waals surface area contributed by atoms with Crippen LogP contribution in [0.2, 0.25) is 0 Å². The molecule has 0 saturated carbocycles. The van der Waals surface area contributed by atoms with Gasteiger partial charge in [0.15, 0.2) is 0 Å². The van der Waals surface area contributed by atoms with Gasteiger partial charge in [0.2, 0.25) is 0 Å². The first kappa shape index (κ1) is 17.3. The van der Waals surface area contributed by atoms with Crippen molar-refractivity contribution in [3.63, 3.8) is 0 Å². The molecule has 4 aromatic rings. The van der Waals surface area contributed by atoms with Crippen molar-refractivity contribution in [1.82, 2.24) is 25.3 Å². The first-order valence-corrected chi connectivity index (χ1v) is 10.1. The number of nitrogens with zero attached hydrogens (tertiary/aromatic N) is 2. The third kappa shape index (κ3) is 4.28. The summed E-state index contributed by atoms with van der Waals surface area (Å²) in [5.74, 6) is 1.87. The number of hydrogen-bond acceptors (Lipinski definition) is 3. The molecule has 0 aliphatic rings. The Morgan fingerprint density at radius 3 is 1.62 bits per heavy atom. The van der Waals surface area contributed by atoms with Gasteiger partial charge in [-0.05, 0) is 24.3 Å². The monoisotopic (exact) mass is 406 g/mol. The molecule has 0 aliphatic heterocycles. The zero-order chi connectivity index (χ0) is 16.8. The van der Waals surface area contributed by atoms with E-state index < -0.39 is 0 Å². The second-order valence-corrected chi connectivity index (χ2v) is 6.77. The SMILES string of the molecule is [Cl][Co+][Cl].c1ccc2[nH]c(CNCc3nc4ccccc4[nH]3)nc2c1. The molecule has 0 unspecified atom stereocenters. The standard InChI is InChI=1S/C16H15N5.2ClH.Co/c1-2-6-12-11(5-1)18-15(19-12)9-17-10-16-20-13-7-3-4-8-14(13)21-16;;;/h1-8,17H,9-10H2,(H,18,19)(H,20,21);2*1H;/q;;;+3/p-2. The summed E-state index contributed by atoms with van der Waals surface area (Å²) in [6.07, 6.45) is 0. The van der Waals surface area contributed by atoms with Gasteiger partial charge in [-0.3, -0.25) is 0 Å². The number of benzene rings is 2. The number of nitrogens with one attached hydrogen (secondary N) is 3. The molecule has 2 heterocycles. The molecule has 0 radical (unpaired) electrons. The molecule has 4 rings (SSSR count). The van der Waals surface area contributed by atoms with Crippen molar-refractivity contribution < 1.29 is 12.9 Å². The number of halogens is 2. The van der Waals surface area contributed by atoms with Gasteiger partial charge < -0.3 is 15.3 Å². The minimum absolute atomic E-state index is 0.382. The van der Waals surface area contributed by atoms with Gasteiger partial charge in [0.05, 0.1) is 35.2 Å². The van der Waals surface area contributed by atoms with E-state index in [1.807, 2.05) is 48.5 Å². The number of fused-ring (bicyclic) bond motifs is 2. The van der Waals surface area contributed by atoms with Gasteiger partial charge in [-0.1, -0.05) is 24.3 Å². The van der Waals surface area contributed by atoms with Crippen LogP contribution >= 0.6 is 20.3 Å². The number of rotatable bonds is 4. The second-order valence-electron chi connectivity index (χ2n) is 5.05. The Hall–Kier alpha value is -1.57. The number of hydrogen-bond donors (Lipinski definition) is 3. The van der Waals surface area contributed by atoms with Gasteiger partial charge in [-0.25, -0.2) is 9.97 Å². The van der Waals surface area contributed by atoms with E-state index in [4.69, 9.17) is 20.3 Å². The molecule has 3 N–H and O–H groups in total. The number of para-hydroxylation sites is 4. The van der Waals surface area contributed by atoms with Crippen LogP contribution in [0.3, 0.4) is 0 Å². The van der Waals surface area contributed by atoms with E-state index in [0.29, 0.717) is 26.0 Å². The van der Waals surface area contributed by atoms with Crippen molar-refractivity contribution in [1.29, 1.82) is 0 Å². The van der Waals surface area contributed by atoms with Crippen molar-refractivity contribution >= 4 is 42.4 Å². The third-order valence-electron chi connectivity index (χ3n) is 3.46. The van der Waals surface area contributed by atoms with E-state index in [0.717, 1.165) is 33.7 Å². The van der Waals surface area contributed by atoms with Crippen LogP contribution in [-0.2, 0) is 26.0 Å². The van der Waals surface area contributed by atoms with Gasteiger partial charge >= 0.3 is 33.2 Å². The number of H-pyrrole nitrogens is 2. The van der Waals surface area contributed by atoms with E-state index in [1.54, 1.807) is 0 Å². The Balaban J connectivity index is 0.000000526. The molecule has 8 heteroatoms. The minimum atomic E-state index is 0.382. The first-order valence-electron chi connectivity index (χ1n) is 7.22. The van der Waals surface area contributed by atoms with Gasteiger partial charge in [-0.15, -0.1) is 0 Å². The Labute approximate surface area is 153 Å². The fourth-order valence-electron chi connectivity index (χ4n) is 2.48. The quantitative estimate of drug-likeness (QED) is 0.477. The molecule has 0 spiro atoms. The van der Waals surface area contributed by atoms with E-state index in [2.05, 4.69) is 25.3 Å². The van der Waals surface area contributed by atoms with Crippen LogP contribution in [-0.4, -0.2) is 19.9 Å². The van der Waals surface area contributed by atoms with Crippen LogP contribution in [0.5, 0.6) is 0 Å². The molecule has 0 amide bonds. The van der Waals surface area contributed by atoms with E-state index >= 15 is 0 Å². The maximum Gasteiger partial charge on any atom is 0.121 e. The molecule has 0 aliphatic carbocycles. The van der Waals surface area contributed by atoms with Crippen LogP contribution in [0.25, 0.3) is 22.1 Å². The Bertz CT molecular complexity index is 781. The summed E-state index contributed by atoms with van der Waals surface area (Å²) in [5, 5.41) is 3.35. The molecule has 24 heavy (non-hydrogen) atoms. The maximum absolute atomic E-state index is 4.73. The molecule has 0 saturated heterocycles. The van der Waals surface area contributed by atoms with Crippen molar-refractivity contribution in [3.8, 4) is 0 Å². The molecule has 5 nitrogen and oxygen atoms in total. The zero-order valence-corrected chi connectivity index (χ0v) is 15.1. The van der Waals surface area contributed by atoms with E-state index in [-0.39, 0.29) is 0 Å². The Morgan fingerprint density at radius 2 is 1.21 bits per heavy atom. The van der Waals surface area contributed by atoms with Crippen LogP contribution in [0, 0.1) is 0 Å². The van der Waals surface area contributed by atoms with Crippen LogP contribution in [0.4, 0.5) is 0 Å². The van der Waals surface area contributed by atoms with E-state index in [9.17, 15) is 0 Å². The summed E-state index contributed by atoms with van der Waals surface area (Å²) in [5.41, 5.74) is 4.13. The predicted octanol–water partition coefficient (Wildman–Crippen LogP) is 4.11. The van der Waals surface area contributed by atoms with Gasteiger partial charge in [0.1, 0.15) is 11.6 Å². The molecule has 2 aromatic carbocycles. The summed E-state index contributed by atoms with van der Waals surface area (Å²) in [6, 6.07) is 16.1. The summed E-state index contributed by atoms with van der Waals surface area (Å²) in [6.45, 7) is 1.37. The number of aromatic amines is 2. The third-order valence-corrected chi connectivity index (χ3v) is 3.46. The predicted molar refractivity (Wildman–Crippen MR) is 94.4 cm³/mol. The summed E-state index contributed by atoms with van der Waals surface area (Å²) >= 11 is 0.382. The van der Waals surface area contributed by atoms with Gasteiger partial charge in [0.25, 0.3) is 0 Å². The fourth-order valence-corrected chi connectivity index (χ4v) is 2.48. The van der Waals surface area contributed by atoms with Gasteiger partial charge in [0, 0.05) is 0 Å². The second kappa shape index (κ2) is 8.50. The number of imidazole rings is 2. The molecular formula is C16H15Cl2CoN5+. The molecule has 0 atom stereocenters. The van der Waals surface area contributed by atoms with Gasteiger partial charge in [-0.2, -0.15) is 0 Å². The Morgan fingerprint density at radius 1 is 0.792 bits per heavy atom. The molecule has 0 bridgehead atoms. The van der Waals surface area contributed by atoms with Crippen LogP contribution in [0.15, 0.2) is 48.5 Å². The fraction of sp³-hybridized carbons (Fsp3) is 0.125. The van der Waals surface area contributed by atoms with E-state index in [1.165, 1.54) is 0 Å². The average Bonchev–Trinajstić information content (AvgIpc) is 3.18. The molecule has 2 aromatic heterocycles.